The first-order valence-corrected chi connectivity index (χ1v) is 6.63. The molecule has 0 heteroatoms. The van der Waals surface area contributed by atoms with E-state index in [2.05, 4.69) is 50.3 Å². The van der Waals surface area contributed by atoms with Crippen molar-refractivity contribution in [2.45, 2.75) is 54.4 Å². The van der Waals surface area contributed by atoms with Crippen molar-refractivity contribution >= 4 is 6.08 Å². The lowest BCUT2D eigenvalue weighted by Crippen LogP contribution is -1.76. The highest BCUT2D eigenvalue weighted by Gasteiger charge is 2.00. The van der Waals surface area contributed by atoms with Crippen LogP contribution in [0, 0.1) is 0 Å². The Morgan fingerprint density at radius 3 is 1.94 bits per heavy atom. The fraction of sp³-hybridized carbons (Fsp3) is 0.500. The molecule has 0 atom stereocenters. The van der Waals surface area contributed by atoms with Crippen LogP contribution in [-0.2, 0) is 6.42 Å². The molecule has 92 valence electrons. The average Bonchev–Trinajstić information content (AvgIpc) is 2.83. The second-order valence-electron chi connectivity index (χ2n) is 3.01. The van der Waals surface area contributed by atoms with Crippen LogP contribution in [0.4, 0.5) is 0 Å². The summed E-state index contributed by atoms with van der Waals surface area (Å²) in [6.45, 7) is 12.2. The van der Waals surface area contributed by atoms with E-state index in [9.17, 15) is 0 Å². The minimum Gasteiger partial charge on any atom is -0.0795 e. The van der Waals surface area contributed by atoms with Crippen LogP contribution in [0.5, 0.6) is 0 Å². The van der Waals surface area contributed by atoms with E-state index < -0.39 is 0 Å². The zero-order valence-corrected chi connectivity index (χ0v) is 11.9. The van der Waals surface area contributed by atoms with E-state index in [1.807, 2.05) is 27.7 Å². The van der Waals surface area contributed by atoms with Gasteiger partial charge in [0.15, 0.2) is 0 Å². The van der Waals surface area contributed by atoms with Crippen molar-refractivity contribution in [1.82, 2.24) is 0 Å². The Hall–Kier alpha value is -1.04. The summed E-state index contributed by atoms with van der Waals surface area (Å²) in [7, 11) is 0. The van der Waals surface area contributed by atoms with Crippen LogP contribution in [0.1, 0.15) is 59.1 Å². The first kappa shape index (κ1) is 17.4. The van der Waals surface area contributed by atoms with E-state index in [4.69, 9.17) is 0 Å². The second-order valence-corrected chi connectivity index (χ2v) is 3.01. The van der Waals surface area contributed by atoms with Crippen LogP contribution in [0.2, 0.25) is 0 Å². The van der Waals surface area contributed by atoms with Gasteiger partial charge in [0.1, 0.15) is 0 Å². The molecule has 0 saturated carbocycles. The van der Waals surface area contributed by atoms with Gasteiger partial charge in [-0.25, -0.2) is 0 Å². The molecule has 0 fully saturated rings. The van der Waals surface area contributed by atoms with E-state index in [1.165, 1.54) is 17.5 Å². The molecule has 1 aromatic carbocycles. The van der Waals surface area contributed by atoms with Crippen molar-refractivity contribution in [2.24, 2.45) is 0 Å². The first-order chi connectivity index (χ1) is 7.88. The minimum atomic E-state index is 1.12. The molecule has 2 rings (SSSR count). The number of allylic oxidation sites excluding steroid dienone is 1. The number of benzene rings is 1. The molecule has 1 aliphatic carbocycles. The van der Waals surface area contributed by atoms with Crippen LogP contribution in [0.25, 0.3) is 6.08 Å². The largest absolute Gasteiger partial charge is 0.0795 e. The Bertz CT molecular complexity index is 258. The summed E-state index contributed by atoms with van der Waals surface area (Å²) in [6, 6.07) is 8.49. The highest BCUT2D eigenvalue weighted by molar-refractivity contribution is 5.59. The lowest BCUT2D eigenvalue weighted by atomic mass is 10.1. The predicted octanol–water partition coefficient (Wildman–Crippen LogP) is 5.72. The second kappa shape index (κ2) is 14.0. The molecule has 0 aromatic heterocycles. The first-order valence-electron chi connectivity index (χ1n) is 6.63. The van der Waals surface area contributed by atoms with Gasteiger partial charge >= 0.3 is 0 Å². The van der Waals surface area contributed by atoms with Crippen molar-refractivity contribution in [3.05, 3.63) is 41.5 Å². The van der Waals surface area contributed by atoms with E-state index in [1.54, 1.807) is 0 Å². The van der Waals surface area contributed by atoms with Crippen molar-refractivity contribution in [3.8, 4) is 0 Å². The average molecular weight is 220 g/mol. The maximum Gasteiger partial charge on any atom is -0.00882 e. The summed E-state index contributed by atoms with van der Waals surface area (Å²) >= 11 is 0. The van der Waals surface area contributed by atoms with Crippen molar-refractivity contribution in [3.63, 3.8) is 0 Å². The minimum absolute atomic E-state index is 1.12. The third kappa shape index (κ3) is 7.28. The highest BCUT2D eigenvalue weighted by atomic mass is 14.0. The Labute approximate surface area is 102 Å². The quantitative estimate of drug-likeness (QED) is 0.524. The van der Waals surface area contributed by atoms with Crippen molar-refractivity contribution in [1.29, 1.82) is 0 Å². The Balaban J connectivity index is 0. The topological polar surface area (TPSA) is 0 Å². The summed E-state index contributed by atoms with van der Waals surface area (Å²) in [5.74, 6) is 0. The van der Waals surface area contributed by atoms with Crippen molar-refractivity contribution < 1.29 is 0 Å². The van der Waals surface area contributed by atoms with Gasteiger partial charge in [-0.05, 0) is 17.5 Å². The monoisotopic (exact) mass is 220 g/mol. The summed E-state index contributed by atoms with van der Waals surface area (Å²) in [6.07, 6.45) is 6.75. The van der Waals surface area contributed by atoms with Gasteiger partial charge in [0, 0.05) is 0 Å². The molecular formula is C16H28. The fourth-order valence-electron chi connectivity index (χ4n) is 1.20. The Kier molecular flexibility index (Phi) is 15.1. The number of hydrogen-bond donors (Lipinski definition) is 0. The van der Waals surface area contributed by atoms with Gasteiger partial charge in [-0.1, -0.05) is 84.4 Å². The normalized spacial score (nSPS) is 9.62. The van der Waals surface area contributed by atoms with Gasteiger partial charge in [-0.15, -0.1) is 0 Å². The van der Waals surface area contributed by atoms with E-state index in [-0.39, 0.29) is 0 Å². The molecule has 0 aliphatic heterocycles. The Morgan fingerprint density at radius 2 is 1.44 bits per heavy atom. The van der Waals surface area contributed by atoms with E-state index >= 15 is 0 Å². The highest BCUT2D eigenvalue weighted by Crippen LogP contribution is 2.17. The van der Waals surface area contributed by atoms with Gasteiger partial charge in [0.2, 0.25) is 0 Å². The van der Waals surface area contributed by atoms with Crippen LogP contribution in [0.15, 0.2) is 30.3 Å². The molecule has 0 radical (unpaired) electrons. The van der Waals surface area contributed by atoms with E-state index in [0.29, 0.717) is 0 Å². The number of fused-ring (bicyclic) bond motifs is 1. The molecule has 1 aliphatic rings. The van der Waals surface area contributed by atoms with E-state index in [0.717, 1.165) is 6.42 Å². The van der Waals surface area contributed by atoms with Crippen LogP contribution < -0.4 is 0 Å². The van der Waals surface area contributed by atoms with Gasteiger partial charge in [-0.2, -0.15) is 0 Å². The van der Waals surface area contributed by atoms with Gasteiger partial charge in [0.25, 0.3) is 0 Å². The molecule has 0 amide bonds. The van der Waals surface area contributed by atoms with Gasteiger partial charge < -0.3 is 0 Å². The number of rotatable bonds is 0. The summed E-state index contributed by atoms with van der Waals surface area (Å²) < 4.78 is 0. The molecule has 0 N–H and O–H groups in total. The number of hydrogen-bond acceptors (Lipinski definition) is 0. The molecule has 0 bridgehead atoms. The van der Waals surface area contributed by atoms with Crippen LogP contribution in [-0.4, -0.2) is 0 Å². The molecule has 1 aromatic rings. The lowest BCUT2D eigenvalue weighted by molar-refractivity contribution is 1.09. The SMILES string of the molecule is C1=Cc2ccccc2C1.CC.CC.CCC. The third-order valence-corrected chi connectivity index (χ3v) is 1.69. The molecule has 0 spiro atoms. The van der Waals surface area contributed by atoms with Crippen LogP contribution >= 0.6 is 0 Å². The van der Waals surface area contributed by atoms with Crippen LogP contribution in [0.3, 0.4) is 0 Å². The summed E-state index contributed by atoms with van der Waals surface area (Å²) in [5, 5.41) is 0. The standard InChI is InChI=1S/C9H8.C3H8.2C2H6/c1-2-5-9-7-3-6-8(9)4-1;1-3-2;2*1-2/h1-6H,7H2;3H2,1-2H3;2*1-2H3. The molecule has 0 unspecified atom stereocenters. The zero-order chi connectivity index (χ0) is 12.8. The molecule has 0 nitrogen and oxygen atoms in total. The predicted molar refractivity (Wildman–Crippen MR) is 77.8 cm³/mol. The third-order valence-electron chi connectivity index (χ3n) is 1.69. The lowest BCUT2D eigenvalue weighted by Gasteiger charge is -1.93. The smallest absolute Gasteiger partial charge is 0.00882 e. The molecule has 0 heterocycles. The fourth-order valence-corrected chi connectivity index (χ4v) is 1.20. The molecule has 16 heavy (non-hydrogen) atoms. The maximum absolute atomic E-state index is 2.20. The van der Waals surface area contributed by atoms with Crippen molar-refractivity contribution in [2.75, 3.05) is 0 Å². The molecule has 0 saturated heterocycles. The Morgan fingerprint density at radius 1 is 0.938 bits per heavy atom. The molecular weight excluding hydrogens is 192 g/mol. The summed E-state index contributed by atoms with van der Waals surface area (Å²) in [4.78, 5) is 0. The summed E-state index contributed by atoms with van der Waals surface area (Å²) in [5.41, 5.74) is 2.84. The van der Waals surface area contributed by atoms with Gasteiger partial charge in [0.05, 0.1) is 0 Å². The maximum atomic E-state index is 2.20. The zero-order valence-electron chi connectivity index (χ0n) is 11.9. The van der Waals surface area contributed by atoms with Gasteiger partial charge in [-0.3, -0.25) is 0 Å².